The van der Waals surface area contributed by atoms with E-state index in [9.17, 15) is 4.79 Å². The largest absolute Gasteiger partial charge is 0.375 e. The van der Waals surface area contributed by atoms with Crippen molar-refractivity contribution in [2.75, 3.05) is 0 Å². The zero-order valence-electron chi connectivity index (χ0n) is 10.8. The third-order valence-electron chi connectivity index (χ3n) is 2.75. The van der Waals surface area contributed by atoms with Crippen molar-refractivity contribution in [2.45, 2.75) is 6.42 Å². The normalized spacial score (nSPS) is 9.80. The van der Waals surface area contributed by atoms with Crippen LogP contribution in [0.2, 0.25) is 0 Å². The SMILES string of the molecule is NC(=S)NNC(=O)Cc1ccc(-c2ccccc2)cc1. The second-order valence-corrected chi connectivity index (χ2v) is 4.72. The van der Waals surface area contributed by atoms with Crippen molar-refractivity contribution in [3.63, 3.8) is 0 Å². The summed E-state index contributed by atoms with van der Waals surface area (Å²) < 4.78 is 0. The Kier molecular flexibility index (Phi) is 4.68. The molecular weight excluding hydrogens is 270 g/mol. The molecule has 0 unspecified atom stereocenters. The maximum atomic E-state index is 11.6. The number of hydrogen-bond acceptors (Lipinski definition) is 2. The van der Waals surface area contributed by atoms with Gasteiger partial charge in [-0.15, -0.1) is 0 Å². The van der Waals surface area contributed by atoms with Gasteiger partial charge in [-0.25, -0.2) is 0 Å². The predicted octanol–water partition coefficient (Wildman–Crippen LogP) is 1.76. The van der Waals surface area contributed by atoms with Gasteiger partial charge in [0, 0.05) is 0 Å². The fourth-order valence-corrected chi connectivity index (χ4v) is 1.86. The Labute approximate surface area is 123 Å². The average Bonchev–Trinajstić information content (AvgIpc) is 2.47. The van der Waals surface area contributed by atoms with Crippen molar-refractivity contribution < 1.29 is 4.79 Å². The van der Waals surface area contributed by atoms with Gasteiger partial charge >= 0.3 is 0 Å². The lowest BCUT2D eigenvalue weighted by atomic mass is 10.0. The molecule has 5 heteroatoms. The highest BCUT2D eigenvalue weighted by atomic mass is 32.1. The Hall–Kier alpha value is -2.40. The molecule has 0 heterocycles. The van der Waals surface area contributed by atoms with Crippen molar-refractivity contribution in [1.29, 1.82) is 0 Å². The van der Waals surface area contributed by atoms with Crippen LogP contribution in [0.25, 0.3) is 11.1 Å². The molecule has 0 aliphatic carbocycles. The molecule has 0 aliphatic heterocycles. The van der Waals surface area contributed by atoms with Gasteiger partial charge < -0.3 is 5.73 Å². The standard InChI is InChI=1S/C15H15N3OS/c16-15(20)18-17-14(19)10-11-6-8-13(9-7-11)12-4-2-1-3-5-12/h1-9H,10H2,(H,17,19)(H3,16,18,20). The number of thiocarbonyl (C=S) groups is 1. The minimum Gasteiger partial charge on any atom is -0.375 e. The van der Waals surface area contributed by atoms with E-state index in [0.29, 0.717) is 0 Å². The summed E-state index contributed by atoms with van der Waals surface area (Å²) in [7, 11) is 0. The molecule has 0 spiro atoms. The molecule has 4 nitrogen and oxygen atoms in total. The molecule has 2 rings (SSSR count). The number of benzene rings is 2. The zero-order chi connectivity index (χ0) is 14.4. The van der Waals surface area contributed by atoms with Crippen molar-refractivity contribution in [3.8, 4) is 11.1 Å². The molecule has 0 saturated heterocycles. The second kappa shape index (κ2) is 6.68. The minimum absolute atomic E-state index is 0.0396. The van der Waals surface area contributed by atoms with Crippen LogP contribution < -0.4 is 16.6 Å². The van der Waals surface area contributed by atoms with Crippen LogP contribution in [0, 0.1) is 0 Å². The summed E-state index contributed by atoms with van der Waals surface area (Å²) in [5.41, 5.74) is 13.3. The van der Waals surface area contributed by atoms with Gasteiger partial charge in [-0.3, -0.25) is 15.6 Å². The number of hydrazine groups is 1. The molecule has 1 amide bonds. The van der Waals surface area contributed by atoms with Gasteiger partial charge in [0.05, 0.1) is 6.42 Å². The van der Waals surface area contributed by atoms with Gasteiger partial charge in [-0.2, -0.15) is 0 Å². The number of hydrogen-bond donors (Lipinski definition) is 3. The van der Waals surface area contributed by atoms with Gasteiger partial charge in [0.25, 0.3) is 0 Å². The van der Waals surface area contributed by atoms with Gasteiger partial charge in [0.15, 0.2) is 5.11 Å². The van der Waals surface area contributed by atoms with E-state index in [2.05, 4.69) is 23.1 Å². The van der Waals surface area contributed by atoms with Crippen LogP contribution in [-0.4, -0.2) is 11.0 Å². The molecule has 20 heavy (non-hydrogen) atoms. The van der Waals surface area contributed by atoms with Gasteiger partial charge in [-0.05, 0) is 28.9 Å². The summed E-state index contributed by atoms with van der Waals surface area (Å²) in [6, 6.07) is 17.9. The Bertz CT molecular complexity index is 596. The lowest BCUT2D eigenvalue weighted by molar-refractivity contribution is -0.121. The minimum atomic E-state index is -0.190. The number of carbonyl (C=O) groups is 1. The summed E-state index contributed by atoms with van der Waals surface area (Å²) in [5, 5.41) is 0.0396. The van der Waals surface area contributed by atoms with Crippen molar-refractivity contribution in [3.05, 3.63) is 60.2 Å². The Balaban J connectivity index is 1.98. The van der Waals surface area contributed by atoms with Gasteiger partial charge in [0.2, 0.25) is 5.91 Å². The van der Waals surface area contributed by atoms with Crippen LogP contribution >= 0.6 is 12.2 Å². The highest BCUT2D eigenvalue weighted by Gasteiger charge is 2.03. The van der Waals surface area contributed by atoms with E-state index in [1.165, 1.54) is 0 Å². The number of nitrogens with two attached hydrogens (primary N) is 1. The molecule has 0 bridgehead atoms. The summed E-state index contributed by atoms with van der Waals surface area (Å²) in [6.45, 7) is 0. The monoisotopic (exact) mass is 285 g/mol. The molecule has 0 aromatic heterocycles. The molecule has 0 radical (unpaired) electrons. The fraction of sp³-hybridized carbons (Fsp3) is 0.0667. The van der Waals surface area contributed by atoms with Crippen molar-refractivity contribution in [2.24, 2.45) is 5.73 Å². The van der Waals surface area contributed by atoms with Gasteiger partial charge in [-0.1, -0.05) is 54.6 Å². The molecule has 0 atom stereocenters. The highest BCUT2D eigenvalue weighted by Crippen LogP contribution is 2.19. The van der Waals surface area contributed by atoms with Crippen LogP contribution in [0.3, 0.4) is 0 Å². The zero-order valence-corrected chi connectivity index (χ0v) is 11.6. The topological polar surface area (TPSA) is 67.2 Å². The maximum Gasteiger partial charge on any atom is 0.242 e. The smallest absolute Gasteiger partial charge is 0.242 e. The average molecular weight is 285 g/mol. The van der Waals surface area contributed by atoms with Crippen LogP contribution in [0.5, 0.6) is 0 Å². The lowest BCUT2D eigenvalue weighted by Crippen LogP contribution is -2.44. The first kappa shape index (κ1) is 14.0. The predicted molar refractivity (Wildman–Crippen MR) is 83.6 cm³/mol. The first-order valence-corrected chi connectivity index (χ1v) is 6.54. The molecule has 0 fully saturated rings. The third-order valence-corrected chi connectivity index (χ3v) is 2.85. The first-order valence-electron chi connectivity index (χ1n) is 6.14. The molecule has 4 N–H and O–H groups in total. The molecule has 2 aromatic carbocycles. The van der Waals surface area contributed by atoms with E-state index < -0.39 is 0 Å². The molecule has 0 aliphatic rings. The summed E-state index contributed by atoms with van der Waals surface area (Å²) in [4.78, 5) is 11.6. The summed E-state index contributed by atoms with van der Waals surface area (Å²) >= 11 is 4.60. The number of nitrogens with one attached hydrogen (secondary N) is 2. The van der Waals surface area contributed by atoms with Crippen LogP contribution in [0.4, 0.5) is 0 Å². The lowest BCUT2D eigenvalue weighted by Gasteiger charge is -2.07. The summed E-state index contributed by atoms with van der Waals surface area (Å²) in [5.74, 6) is -0.190. The van der Waals surface area contributed by atoms with Crippen molar-refractivity contribution >= 4 is 23.2 Å². The molecule has 0 saturated carbocycles. The van der Waals surface area contributed by atoms with Gasteiger partial charge in [0.1, 0.15) is 0 Å². The Morgan fingerprint density at radius 1 is 0.950 bits per heavy atom. The summed E-state index contributed by atoms with van der Waals surface area (Å²) in [6.07, 6.45) is 0.269. The molecule has 102 valence electrons. The van der Waals surface area contributed by atoms with E-state index in [4.69, 9.17) is 5.73 Å². The number of carbonyl (C=O) groups excluding carboxylic acids is 1. The number of amides is 1. The fourth-order valence-electron chi connectivity index (χ4n) is 1.81. The van der Waals surface area contributed by atoms with Crippen LogP contribution in [0.15, 0.2) is 54.6 Å². The van der Waals surface area contributed by atoms with E-state index in [-0.39, 0.29) is 17.4 Å². The quantitative estimate of drug-likeness (QED) is 0.594. The second-order valence-electron chi connectivity index (χ2n) is 4.28. The maximum absolute atomic E-state index is 11.6. The Morgan fingerprint density at radius 2 is 1.55 bits per heavy atom. The van der Waals surface area contributed by atoms with Crippen LogP contribution in [0.1, 0.15) is 5.56 Å². The molecular formula is C15H15N3OS. The van der Waals surface area contributed by atoms with E-state index >= 15 is 0 Å². The van der Waals surface area contributed by atoms with E-state index in [1.807, 2.05) is 54.6 Å². The third kappa shape index (κ3) is 4.07. The highest BCUT2D eigenvalue weighted by molar-refractivity contribution is 7.80. The van der Waals surface area contributed by atoms with Crippen molar-refractivity contribution in [1.82, 2.24) is 10.9 Å². The first-order chi connectivity index (χ1) is 9.65. The number of rotatable bonds is 3. The molecule has 2 aromatic rings. The van der Waals surface area contributed by atoms with E-state index in [0.717, 1.165) is 16.7 Å². The Morgan fingerprint density at radius 3 is 2.15 bits per heavy atom. The van der Waals surface area contributed by atoms with Crippen LogP contribution in [-0.2, 0) is 11.2 Å². The van der Waals surface area contributed by atoms with E-state index in [1.54, 1.807) is 0 Å².